The highest BCUT2D eigenvalue weighted by molar-refractivity contribution is 7.14. The molecule has 160 valence electrons. The topological polar surface area (TPSA) is 97.0 Å². The van der Waals surface area contributed by atoms with E-state index in [0.29, 0.717) is 39.1 Å². The van der Waals surface area contributed by atoms with E-state index >= 15 is 0 Å². The van der Waals surface area contributed by atoms with Crippen molar-refractivity contribution in [2.45, 2.75) is 51.3 Å². The number of ether oxygens (including phenoxy) is 2. The fourth-order valence-electron chi connectivity index (χ4n) is 3.44. The molecule has 1 aliphatic heterocycles. The minimum atomic E-state index is -0.458. The van der Waals surface area contributed by atoms with E-state index in [9.17, 15) is 14.4 Å². The Morgan fingerprint density at radius 2 is 2.17 bits per heavy atom. The number of nitrogens with zero attached hydrogens (tertiary/aromatic N) is 1. The Hall–Kier alpha value is -1.97. The maximum absolute atomic E-state index is 13.0. The van der Waals surface area contributed by atoms with E-state index in [1.165, 1.54) is 18.4 Å². The van der Waals surface area contributed by atoms with Gasteiger partial charge >= 0.3 is 6.09 Å². The van der Waals surface area contributed by atoms with E-state index in [-0.39, 0.29) is 17.7 Å². The van der Waals surface area contributed by atoms with E-state index in [1.807, 2.05) is 11.0 Å². The summed E-state index contributed by atoms with van der Waals surface area (Å²) in [5.41, 5.74) is 0.975. The number of amides is 2. The first-order chi connectivity index (χ1) is 14.0. The molecule has 29 heavy (non-hydrogen) atoms. The van der Waals surface area contributed by atoms with Gasteiger partial charge in [-0.3, -0.25) is 9.59 Å². The Kier molecular flexibility index (Phi) is 7.63. The monoisotopic (exact) mass is 423 g/mol. The first-order valence-electron chi connectivity index (χ1n) is 10.1. The normalized spacial score (nSPS) is 18.9. The van der Waals surface area contributed by atoms with Crippen LogP contribution in [0.1, 0.15) is 46.3 Å². The minimum Gasteiger partial charge on any atom is -0.453 e. The summed E-state index contributed by atoms with van der Waals surface area (Å²) in [6, 6.07) is 2.30. The Morgan fingerprint density at radius 3 is 2.79 bits per heavy atom. The van der Waals surface area contributed by atoms with E-state index < -0.39 is 12.2 Å². The largest absolute Gasteiger partial charge is 0.453 e. The van der Waals surface area contributed by atoms with Crippen molar-refractivity contribution < 1.29 is 23.9 Å². The first-order valence-corrected chi connectivity index (χ1v) is 10.9. The quantitative estimate of drug-likeness (QED) is 0.464. The number of rotatable bonds is 9. The third-order valence-electron chi connectivity index (χ3n) is 5.06. The predicted molar refractivity (Wildman–Crippen MR) is 109 cm³/mol. The van der Waals surface area contributed by atoms with Gasteiger partial charge in [-0.15, -0.1) is 11.3 Å². The summed E-state index contributed by atoms with van der Waals surface area (Å²) < 4.78 is 10.2. The smallest absolute Gasteiger partial charge is 0.406 e. The van der Waals surface area contributed by atoms with Gasteiger partial charge in [0.2, 0.25) is 0 Å². The fraction of sp³-hybridized carbons (Fsp3) is 0.650. The number of hydrogen-bond donors (Lipinski definition) is 2. The molecule has 2 heterocycles. The van der Waals surface area contributed by atoms with Crippen molar-refractivity contribution in [1.29, 1.82) is 0 Å². The Bertz CT molecular complexity index is 740. The Labute approximate surface area is 174 Å². The average Bonchev–Trinajstić information content (AvgIpc) is 3.49. The van der Waals surface area contributed by atoms with Crippen molar-refractivity contribution in [1.82, 2.24) is 15.5 Å². The van der Waals surface area contributed by atoms with Gasteiger partial charge in [0.05, 0.1) is 25.1 Å². The molecule has 1 aliphatic carbocycles. The maximum atomic E-state index is 13.0. The average molecular weight is 424 g/mol. The maximum Gasteiger partial charge on any atom is 0.406 e. The van der Waals surface area contributed by atoms with Crippen LogP contribution in [0.5, 0.6) is 0 Å². The second-order valence-corrected chi connectivity index (χ2v) is 8.54. The summed E-state index contributed by atoms with van der Waals surface area (Å²) in [6.07, 6.45) is 2.54. The van der Waals surface area contributed by atoms with Crippen LogP contribution in [0.4, 0.5) is 4.79 Å². The molecule has 9 heteroatoms. The minimum absolute atomic E-state index is 0.0290. The lowest BCUT2D eigenvalue weighted by Gasteiger charge is -2.29. The van der Waals surface area contributed by atoms with Gasteiger partial charge in [0.25, 0.3) is 5.91 Å². The van der Waals surface area contributed by atoms with Gasteiger partial charge in [-0.1, -0.05) is 0 Å². The number of alkyl carbamates (subject to hydrolysis) is 1. The number of nitrogens with one attached hydrogen (secondary N) is 2. The van der Waals surface area contributed by atoms with Crippen LogP contribution < -0.4 is 10.6 Å². The molecule has 1 aromatic rings. The molecule has 2 amide bonds. The zero-order valence-electron chi connectivity index (χ0n) is 17.0. The standard InChI is InChI=1S/C20H29N3O5S/c1-13(24)18-14(4-3-7-22-20(26)27-2)10-16(29-18)12-23(15-5-6-15)19(25)17-11-21-8-9-28-17/h10,15,17,21H,3-9,11-12H2,1-2H3,(H,22,26)/t17-/m1/s1. The molecule has 1 aromatic heterocycles. The molecule has 1 atom stereocenters. The van der Waals surface area contributed by atoms with Crippen molar-refractivity contribution in [2.75, 3.05) is 33.4 Å². The van der Waals surface area contributed by atoms with Crippen LogP contribution in [0.3, 0.4) is 0 Å². The van der Waals surface area contributed by atoms with Gasteiger partial charge in [0, 0.05) is 30.6 Å². The number of carbonyl (C=O) groups is 3. The molecule has 2 aliphatic rings. The fourth-order valence-corrected chi connectivity index (χ4v) is 4.54. The summed E-state index contributed by atoms with van der Waals surface area (Å²) in [6.45, 7) is 4.42. The number of Topliss-reactive ketones (excluding diaryl/α,β-unsaturated/α-hetero) is 1. The molecule has 1 saturated heterocycles. The molecule has 0 unspecified atom stereocenters. The molecule has 0 aromatic carbocycles. The third kappa shape index (κ3) is 6.01. The van der Waals surface area contributed by atoms with Crippen LogP contribution in [0, 0.1) is 0 Å². The number of aryl methyl sites for hydroxylation is 1. The molecule has 2 N–H and O–H groups in total. The van der Waals surface area contributed by atoms with Crippen LogP contribution in [0.15, 0.2) is 6.07 Å². The molecule has 8 nitrogen and oxygen atoms in total. The van der Waals surface area contributed by atoms with Crippen LogP contribution in [-0.2, 0) is 27.2 Å². The van der Waals surface area contributed by atoms with Gasteiger partial charge in [0.1, 0.15) is 6.10 Å². The predicted octanol–water partition coefficient (Wildman–Crippen LogP) is 1.72. The molecule has 2 fully saturated rings. The molecule has 3 rings (SSSR count). The van der Waals surface area contributed by atoms with Gasteiger partial charge in [-0.05, 0) is 44.2 Å². The second-order valence-electron chi connectivity index (χ2n) is 7.41. The summed E-state index contributed by atoms with van der Waals surface area (Å²) >= 11 is 1.46. The highest BCUT2D eigenvalue weighted by Crippen LogP contribution is 2.32. The van der Waals surface area contributed by atoms with Gasteiger partial charge in [-0.2, -0.15) is 0 Å². The molecule has 0 radical (unpaired) electrons. The van der Waals surface area contributed by atoms with E-state index in [1.54, 1.807) is 6.92 Å². The molecular weight excluding hydrogens is 394 g/mol. The van der Waals surface area contributed by atoms with E-state index in [4.69, 9.17) is 4.74 Å². The van der Waals surface area contributed by atoms with Crippen molar-refractivity contribution in [3.05, 3.63) is 21.4 Å². The molecule has 1 saturated carbocycles. The van der Waals surface area contributed by atoms with Gasteiger partial charge < -0.3 is 25.0 Å². The summed E-state index contributed by atoms with van der Waals surface area (Å²) in [7, 11) is 1.33. The Balaban J connectivity index is 1.64. The van der Waals surface area contributed by atoms with Gasteiger partial charge in [-0.25, -0.2) is 4.79 Å². The number of methoxy groups -OCH3 is 1. The Morgan fingerprint density at radius 1 is 1.38 bits per heavy atom. The lowest BCUT2D eigenvalue weighted by molar-refractivity contribution is -0.146. The van der Waals surface area contributed by atoms with Crippen molar-refractivity contribution in [3.8, 4) is 0 Å². The van der Waals surface area contributed by atoms with Crippen LogP contribution in [0.25, 0.3) is 0 Å². The number of hydrogen-bond acceptors (Lipinski definition) is 7. The molecule has 0 spiro atoms. The van der Waals surface area contributed by atoms with Crippen molar-refractivity contribution in [2.24, 2.45) is 0 Å². The van der Waals surface area contributed by atoms with Crippen LogP contribution in [0.2, 0.25) is 0 Å². The summed E-state index contributed by atoms with van der Waals surface area (Å²) in [5, 5.41) is 5.86. The molecular formula is C20H29N3O5S. The zero-order valence-corrected chi connectivity index (χ0v) is 17.8. The van der Waals surface area contributed by atoms with E-state index in [2.05, 4.69) is 15.4 Å². The lowest BCUT2D eigenvalue weighted by Crippen LogP contribution is -2.49. The van der Waals surface area contributed by atoms with Crippen LogP contribution >= 0.6 is 11.3 Å². The van der Waals surface area contributed by atoms with Gasteiger partial charge in [0.15, 0.2) is 5.78 Å². The summed E-state index contributed by atoms with van der Waals surface area (Å²) in [5.74, 6) is 0.0580. The first kappa shape index (κ1) is 21.7. The number of carbonyl (C=O) groups excluding carboxylic acids is 3. The van der Waals surface area contributed by atoms with E-state index in [0.717, 1.165) is 34.7 Å². The van der Waals surface area contributed by atoms with Crippen LogP contribution in [-0.4, -0.2) is 68.2 Å². The zero-order chi connectivity index (χ0) is 20.8. The SMILES string of the molecule is COC(=O)NCCCc1cc(CN(C(=O)[C@H]2CNCCO2)C2CC2)sc1C(C)=O. The second kappa shape index (κ2) is 10.2. The number of morpholine rings is 1. The summed E-state index contributed by atoms with van der Waals surface area (Å²) in [4.78, 5) is 39.9. The van der Waals surface area contributed by atoms with Crippen molar-refractivity contribution in [3.63, 3.8) is 0 Å². The number of thiophene rings is 1. The highest BCUT2D eigenvalue weighted by atomic mass is 32.1. The number of ketones is 1. The van der Waals surface area contributed by atoms with Crippen molar-refractivity contribution >= 4 is 29.1 Å². The molecule has 0 bridgehead atoms. The highest BCUT2D eigenvalue weighted by Gasteiger charge is 2.37. The lowest BCUT2D eigenvalue weighted by atomic mass is 10.1. The third-order valence-corrected chi connectivity index (χ3v) is 6.32.